The van der Waals surface area contributed by atoms with Crippen LogP contribution in [0.4, 0.5) is 0 Å². The van der Waals surface area contributed by atoms with Crippen molar-refractivity contribution >= 4 is 39.3 Å². The first-order valence-electron chi connectivity index (χ1n) is 24.9. The molecular weight excluding hydrogens is 777 g/mol. The summed E-state index contributed by atoms with van der Waals surface area (Å²) in [7, 11) is -4.64. The maximum absolute atomic E-state index is 15.4. The Hall–Kier alpha value is -2.60. The number of carbonyl (C=O) groups excluding carboxylic acids is 5. The van der Waals surface area contributed by atoms with Crippen molar-refractivity contribution in [1.82, 2.24) is 19.8 Å². The summed E-state index contributed by atoms with van der Waals surface area (Å²) in [5.41, 5.74) is -2.66. The van der Waals surface area contributed by atoms with Crippen molar-refractivity contribution in [2.24, 2.45) is 44.8 Å². The molecule has 7 aliphatic rings. The minimum absolute atomic E-state index is 0.0291. The first kappa shape index (κ1) is 41.4. The van der Waals surface area contributed by atoms with Crippen LogP contribution >= 0.6 is 0 Å². The average Bonchev–Trinajstić information content (AvgIpc) is 3.89. The van der Waals surface area contributed by atoms with E-state index in [1.54, 1.807) is 11.0 Å². The van der Waals surface area contributed by atoms with E-state index in [9.17, 15) is 22.8 Å². The molecule has 7 atom stereocenters. The summed E-state index contributed by atoms with van der Waals surface area (Å²) in [6.07, 6.45) is 12.4. The van der Waals surface area contributed by atoms with Crippen molar-refractivity contribution in [3.05, 3.63) is 12.7 Å². The number of rotatable bonds is 15. The number of ketones is 2. The first-order valence-corrected chi connectivity index (χ1v) is 24.9. The van der Waals surface area contributed by atoms with Gasteiger partial charge in [-0.25, -0.2) is 8.42 Å². The van der Waals surface area contributed by atoms with Gasteiger partial charge < -0.3 is 10.2 Å². The van der Waals surface area contributed by atoms with Crippen molar-refractivity contribution in [3.8, 4) is 0 Å². The number of hydrogen-bond donors (Lipinski definition) is 2. The van der Waals surface area contributed by atoms with Crippen molar-refractivity contribution in [2.45, 2.75) is 200 Å². The maximum atomic E-state index is 15.4. The molecular formula is C48H76N4O7S. The molecule has 2 heterocycles. The van der Waals surface area contributed by atoms with E-state index in [0.29, 0.717) is 19.4 Å². The molecule has 60 heavy (non-hydrogen) atoms. The van der Waals surface area contributed by atoms with Gasteiger partial charge in [0.2, 0.25) is 27.7 Å². The fraction of sp³-hybridized carbons (Fsp3) is 0.854. The van der Waals surface area contributed by atoms with Crippen LogP contribution < -0.4 is 10.0 Å². The number of hydrogen-bond acceptors (Lipinski definition) is 8. The molecule has 7 fully saturated rings. The Labute approximate surface area is 365 Å². The van der Waals surface area contributed by atoms with Crippen LogP contribution in [0.3, 0.4) is 0 Å². The van der Waals surface area contributed by atoms with Crippen LogP contribution in [0.15, 0.2) is 12.7 Å². The van der Waals surface area contributed by atoms with E-state index >= 15 is 9.59 Å². The third-order valence-corrected chi connectivity index (χ3v) is 19.6. The molecule has 0 radical (unpaired) electrons. The van der Waals surface area contributed by atoms with E-state index in [4.69, 9.17) is 4.11 Å². The Morgan fingerprint density at radius 2 is 1.53 bits per heavy atom. The number of fused-ring (bicyclic) bond motifs is 1. The third kappa shape index (κ3) is 7.35. The number of likely N-dealkylation sites (tertiary alicyclic amines) is 2. The van der Waals surface area contributed by atoms with Crippen molar-refractivity contribution in [2.75, 3.05) is 13.1 Å². The molecule has 0 bridgehead atoms. The predicted octanol–water partition coefficient (Wildman–Crippen LogP) is 7.27. The lowest BCUT2D eigenvalue weighted by Gasteiger charge is -2.40. The number of piperidine rings is 1. The van der Waals surface area contributed by atoms with Gasteiger partial charge in [0.15, 0.2) is 11.6 Å². The second-order valence-electron chi connectivity index (χ2n) is 22.3. The lowest BCUT2D eigenvalue weighted by atomic mass is 9.73. The van der Waals surface area contributed by atoms with Gasteiger partial charge in [-0.05, 0) is 120 Å². The summed E-state index contributed by atoms with van der Waals surface area (Å²) < 4.78 is 51.6. The van der Waals surface area contributed by atoms with Gasteiger partial charge in [0.05, 0.1) is 28.3 Å². The van der Waals surface area contributed by atoms with Gasteiger partial charge in [-0.15, -0.1) is 6.58 Å². The predicted molar refractivity (Wildman–Crippen MR) is 233 cm³/mol. The number of sulfonamides is 1. The molecule has 0 aromatic rings. The van der Waals surface area contributed by atoms with E-state index in [-0.39, 0.29) is 89.7 Å². The highest BCUT2D eigenvalue weighted by molar-refractivity contribution is 7.91. The summed E-state index contributed by atoms with van der Waals surface area (Å²) >= 11 is 0. The van der Waals surface area contributed by atoms with Crippen LogP contribution in [0.1, 0.15) is 175 Å². The van der Waals surface area contributed by atoms with Crippen LogP contribution in [0.25, 0.3) is 0 Å². The Balaban J connectivity index is 1.16. The lowest BCUT2D eigenvalue weighted by molar-refractivity contribution is -0.147. The van der Waals surface area contributed by atoms with Gasteiger partial charge in [0.1, 0.15) is 0 Å². The zero-order valence-corrected chi connectivity index (χ0v) is 38.4. The lowest BCUT2D eigenvalue weighted by Crippen LogP contribution is -2.57. The minimum atomic E-state index is -4.64. The van der Waals surface area contributed by atoms with E-state index in [1.165, 1.54) is 0 Å². The van der Waals surface area contributed by atoms with E-state index < -0.39 is 62.3 Å². The summed E-state index contributed by atoms with van der Waals surface area (Å²) in [5, 5.41) is 3.26. The van der Waals surface area contributed by atoms with Crippen LogP contribution in [0, 0.1) is 44.8 Å². The zero-order valence-electron chi connectivity index (χ0n) is 40.6. The molecule has 5 saturated carbocycles. The molecule has 0 aromatic heterocycles. The topological polar surface area (TPSA) is 150 Å². The maximum Gasteiger partial charge on any atom is 0.240 e. The van der Waals surface area contributed by atoms with Crippen molar-refractivity contribution in [1.29, 1.82) is 0 Å². The molecule has 3 amide bonds. The van der Waals surface area contributed by atoms with E-state index in [2.05, 4.69) is 49.2 Å². The van der Waals surface area contributed by atoms with Crippen molar-refractivity contribution < 1.29 is 36.5 Å². The molecule has 5 aliphatic carbocycles. The highest BCUT2D eigenvalue weighted by Gasteiger charge is 2.85. The average molecular weight is 856 g/mol. The molecule has 0 aromatic carbocycles. The molecule has 12 heteroatoms. The number of amides is 3. The largest absolute Gasteiger partial charge is 0.345 e. The van der Waals surface area contributed by atoms with Crippen LogP contribution in [-0.4, -0.2) is 89.5 Å². The standard InChI is InChI=1S/C48H76N4O7S/c1-10-33-27-46(33,42(57)50-60(58,59)45(9)21-16-22-45)29-38(54)36-28-48(44(7,8)47(48)23-17-24-47)30-52(36)41(56)34(43(4,5)6)26-37(53)39(32-18-12-11-13-19-32)49-40(55)35-20-14-15-25-51(35)31(2)3/h10,31-36,39H,1,11-30H2,2-9H3,(H,49,55)(H,50,57)/t33-,34-,35+,36+,39+,46-,48-/m1/s1/i9D3. The Morgan fingerprint density at radius 3 is 2.05 bits per heavy atom. The second kappa shape index (κ2) is 15.9. The van der Waals surface area contributed by atoms with Crippen molar-refractivity contribution in [3.63, 3.8) is 0 Å². The number of carbonyl (C=O) groups is 5. The molecule has 2 saturated heterocycles. The zero-order chi connectivity index (χ0) is 46.3. The van der Waals surface area contributed by atoms with Gasteiger partial charge in [-0.1, -0.05) is 79.2 Å². The van der Waals surface area contributed by atoms with Gasteiger partial charge >= 0.3 is 0 Å². The van der Waals surface area contributed by atoms with Gasteiger partial charge in [0, 0.05) is 40.9 Å². The minimum Gasteiger partial charge on any atom is -0.345 e. The summed E-state index contributed by atoms with van der Waals surface area (Å²) in [5.74, 6) is -3.13. The highest BCUT2D eigenvalue weighted by Crippen LogP contribution is 2.88. The van der Waals surface area contributed by atoms with Gasteiger partial charge in [0.25, 0.3) is 0 Å². The first-order chi connectivity index (χ1) is 29.3. The van der Waals surface area contributed by atoms with E-state index in [0.717, 1.165) is 77.2 Å². The van der Waals surface area contributed by atoms with Crippen LogP contribution in [-0.2, 0) is 34.0 Å². The highest BCUT2D eigenvalue weighted by atomic mass is 32.2. The SMILES string of the molecule is [2H]C([2H])([2H])C1(S(=O)(=O)NC(=O)[C@@]2(CC(=O)[C@@H]3C[C@@]4(CN3C(=O)[C@@H](CC(=O)[C@@H](NC(=O)[C@@H]3CCCCN3C(C)C)C3CCCCC3)C(C)(C)C)C(C)(C)C43CCC3)C[C@H]2C=C)CCC1. The Morgan fingerprint density at radius 1 is 0.883 bits per heavy atom. The fourth-order valence-electron chi connectivity index (χ4n) is 13.1. The summed E-state index contributed by atoms with van der Waals surface area (Å²) in [6.45, 7) is 16.7. The summed E-state index contributed by atoms with van der Waals surface area (Å²) in [4.78, 5) is 77.5. The molecule has 11 nitrogen and oxygen atoms in total. The number of allylic oxidation sites excluding steroid dienone is 1. The molecule has 7 rings (SSSR count). The number of Topliss-reactive ketones (excluding diaryl/α,β-unsaturated/α-hetero) is 2. The van der Waals surface area contributed by atoms with E-state index in [1.807, 2.05) is 20.8 Å². The molecule has 336 valence electrons. The van der Waals surface area contributed by atoms with Gasteiger partial charge in [-0.2, -0.15) is 0 Å². The Kier molecular flexibility index (Phi) is 11.0. The van der Waals surface area contributed by atoms with Gasteiger partial charge in [-0.3, -0.25) is 33.6 Å². The monoisotopic (exact) mass is 856 g/mol. The smallest absolute Gasteiger partial charge is 0.240 e. The third-order valence-electron chi connectivity index (χ3n) is 17.8. The summed E-state index contributed by atoms with van der Waals surface area (Å²) in [6, 6.07) is -1.75. The number of nitrogens with one attached hydrogen (secondary N) is 2. The van der Waals surface area contributed by atoms with Crippen LogP contribution in [0.2, 0.25) is 0 Å². The fourth-order valence-corrected chi connectivity index (χ4v) is 14.6. The second-order valence-corrected chi connectivity index (χ2v) is 24.3. The molecule has 2 aliphatic heterocycles. The molecule has 2 N–H and O–H groups in total. The molecule has 0 unspecified atom stereocenters. The Bertz CT molecular complexity index is 1960. The van der Waals surface area contributed by atoms with Crippen LogP contribution in [0.5, 0.6) is 0 Å². The number of nitrogens with zero attached hydrogens (tertiary/aromatic N) is 2. The normalized spacial score (nSPS) is 34.0. The quantitative estimate of drug-likeness (QED) is 0.163. The molecule has 2 spiro atoms.